The smallest absolute Gasteiger partial charge is 0.320 e. The summed E-state index contributed by atoms with van der Waals surface area (Å²) in [5, 5.41) is 10.4. The summed E-state index contributed by atoms with van der Waals surface area (Å²) in [6.07, 6.45) is 3.09. The van der Waals surface area contributed by atoms with Crippen molar-refractivity contribution in [2.24, 2.45) is 0 Å². The molecule has 0 aliphatic rings. The number of rotatable bonds is 3. The van der Waals surface area contributed by atoms with Crippen LogP contribution in [-0.2, 0) is 16.3 Å². The average molecular weight is 159 g/mol. The molecule has 10 heavy (non-hydrogen) atoms. The maximum atomic E-state index is 10.9. The molecule has 0 spiro atoms. The predicted octanol–water partition coefficient (Wildman–Crippen LogP) is -0.0522. The fourth-order valence-electron chi connectivity index (χ4n) is 0.548. The maximum Gasteiger partial charge on any atom is 0.320 e. The minimum atomic E-state index is -1.23. The fourth-order valence-corrected chi connectivity index (χ4v) is 1.27. The van der Waals surface area contributed by atoms with E-state index in [0.717, 1.165) is 0 Å². The first-order chi connectivity index (χ1) is 4.84. The highest BCUT2D eigenvalue weighted by Crippen LogP contribution is 2.01. The number of nitrogens with one attached hydrogen (secondary N) is 1. The summed E-state index contributed by atoms with van der Waals surface area (Å²) in [5.41, 5.74) is 0. The second-order valence-corrected chi connectivity index (χ2v) is 3.13. The molecule has 0 aliphatic carbocycles. The standard InChI is InChI=1S/C5H7N2O2S/c8-3-4-10(9)5-6-1-2-7-5/h1-2H,3-4H2,(H,6,7). The van der Waals surface area contributed by atoms with E-state index < -0.39 is 11.2 Å². The largest absolute Gasteiger partial charge is 0.609 e. The first kappa shape index (κ1) is 7.59. The number of imidazole rings is 1. The Morgan fingerprint density at radius 3 is 3.10 bits per heavy atom. The third-order valence-electron chi connectivity index (χ3n) is 0.958. The Bertz CT molecular complexity index is 178. The van der Waals surface area contributed by atoms with E-state index in [1.165, 1.54) is 6.20 Å². The van der Waals surface area contributed by atoms with Gasteiger partial charge in [0.05, 0.1) is 0 Å². The zero-order valence-electron chi connectivity index (χ0n) is 5.24. The molecule has 0 saturated carbocycles. The molecular weight excluding hydrogens is 152 g/mol. The second-order valence-electron chi connectivity index (χ2n) is 1.65. The van der Waals surface area contributed by atoms with Gasteiger partial charge in [0.25, 0.3) is 0 Å². The van der Waals surface area contributed by atoms with E-state index in [1.54, 1.807) is 6.20 Å². The maximum absolute atomic E-state index is 10.9. The van der Waals surface area contributed by atoms with Crippen molar-refractivity contribution in [3.63, 3.8) is 0 Å². The lowest BCUT2D eigenvalue weighted by atomic mass is 10.9. The van der Waals surface area contributed by atoms with Gasteiger partial charge in [0.2, 0.25) is 0 Å². The topological polar surface area (TPSA) is 71.6 Å². The van der Waals surface area contributed by atoms with Crippen LogP contribution in [0, 0.1) is 0 Å². The van der Waals surface area contributed by atoms with E-state index in [4.69, 9.17) is 0 Å². The number of nitrogens with zero attached hydrogens (tertiary/aromatic N) is 1. The lowest BCUT2D eigenvalue weighted by molar-refractivity contribution is 0.213. The molecule has 5 heteroatoms. The molecule has 1 N–H and O–H groups in total. The van der Waals surface area contributed by atoms with E-state index >= 15 is 0 Å². The first-order valence-electron chi connectivity index (χ1n) is 2.80. The van der Waals surface area contributed by atoms with Crippen molar-refractivity contribution in [1.82, 2.24) is 9.97 Å². The zero-order chi connectivity index (χ0) is 7.40. The monoisotopic (exact) mass is 159 g/mol. The van der Waals surface area contributed by atoms with Crippen LogP contribution in [0.3, 0.4) is 0 Å². The quantitative estimate of drug-likeness (QED) is 0.628. The van der Waals surface area contributed by atoms with Crippen LogP contribution in [0.1, 0.15) is 0 Å². The van der Waals surface area contributed by atoms with Crippen molar-refractivity contribution in [3.05, 3.63) is 12.4 Å². The van der Waals surface area contributed by atoms with Crippen LogP contribution in [0.25, 0.3) is 0 Å². The molecule has 0 aliphatic heterocycles. The molecule has 1 atom stereocenters. The highest BCUT2D eigenvalue weighted by Gasteiger charge is 2.11. The lowest BCUT2D eigenvalue weighted by Gasteiger charge is -2.02. The molecule has 1 unspecified atom stereocenters. The summed E-state index contributed by atoms with van der Waals surface area (Å²) >= 11 is -1.23. The SMILES string of the molecule is [O]CC[S+]([O-])c1ncc[nH]1. The Balaban J connectivity index is 2.50. The summed E-state index contributed by atoms with van der Waals surface area (Å²) in [4.78, 5) is 6.41. The predicted molar refractivity (Wildman–Crippen MR) is 35.4 cm³/mol. The molecule has 1 radical (unpaired) electrons. The Morgan fingerprint density at radius 1 is 1.80 bits per heavy atom. The molecule has 1 aromatic heterocycles. The molecule has 1 heterocycles. The van der Waals surface area contributed by atoms with Crippen LogP contribution < -0.4 is 0 Å². The minimum absolute atomic E-state index is 0.132. The third kappa shape index (κ3) is 1.73. The van der Waals surface area contributed by atoms with Gasteiger partial charge in [0.15, 0.2) is 0 Å². The van der Waals surface area contributed by atoms with Crippen LogP contribution in [0.5, 0.6) is 0 Å². The van der Waals surface area contributed by atoms with Crippen LogP contribution >= 0.6 is 0 Å². The van der Waals surface area contributed by atoms with E-state index in [1.807, 2.05) is 0 Å². The van der Waals surface area contributed by atoms with Gasteiger partial charge in [-0.1, -0.05) is 0 Å². The second kappa shape index (κ2) is 3.60. The highest BCUT2D eigenvalue weighted by atomic mass is 32.2. The van der Waals surface area contributed by atoms with Crippen LogP contribution in [-0.4, -0.2) is 26.9 Å². The number of hydrogen-bond donors (Lipinski definition) is 1. The van der Waals surface area contributed by atoms with E-state index in [2.05, 4.69) is 9.97 Å². The van der Waals surface area contributed by atoms with Crippen molar-refractivity contribution >= 4 is 11.2 Å². The van der Waals surface area contributed by atoms with Gasteiger partial charge in [-0.05, 0) is 0 Å². The van der Waals surface area contributed by atoms with Gasteiger partial charge in [-0.15, -0.1) is 0 Å². The molecule has 4 nitrogen and oxygen atoms in total. The Kier molecular flexibility index (Phi) is 2.73. The molecule has 1 rings (SSSR count). The van der Waals surface area contributed by atoms with E-state index in [0.29, 0.717) is 5.16 Å². The van der Waals surface area contributed by atoms with Gasteiger partial charge in [-0.25, -0.2) is 5.11 Å². The molecule has 0 fully saturated rings. The minimum Gasteiger partial charge on any atom is -0.609 e. The van der Waals surface area contributed by atoms with Crippen molar-refractivity contribution in [2.45, 2.75) is 5.16 Å². The molecule has 0 aromatic carbocycles. The summed E-state index contributed by atoms with van der Waals surface area (Å²) in [6, 6.07) is 0. The summed E-state index contributed by atoms with van der Waals surface area (Å²) in [5.74, 6) is 0.132. The first-order valence-corrected chi connectivity index (χ1v) is 4.12. The highest BCUT2D eigenvalue weighted by molar-refractivity contribution is 7.91. The molecule has 55 valence electrons. The zero-order valence-corrected chi connectivity index (χ0v) is 6.06. The fraction of sp³-hybridized carbons (Fsp3) is 0.400. The number of hydrogen-bond acceptors (Lipinski definition) is 2. The van der Waals surface area contributed by atoms with Crippen LogP contribution in [0.2, 0.25) is 0 Å². The molecule has 0 saturated heterocycles. The van der Waals surface area contributed by atoms with Gasteiger partial charge in [0.1, 0.15) is 12.4 Å². The van der Waals surface area contributed by atoms with Gasteiger partial charge in [-0.3, -0.25) is 0 Å². The number of aromatic nitrogens is 2. The Morgan fingerprint density at radius 2 is 2.60 bits per heavy atom. The molecular formula is C5H7N2O2S. The van der Waals surface area contributed by atoms with Crippen molar-refractivity contribution in [2.75, 3.05) is 12.4 Å². The summed E-state index contributed by atoms with van der Waals surface area (Å²) in [7, 11) is 0. The van der Waals surface area contributed by atoms with E-state index in [-0.39, 0.29) is 12.4 Å². The van der Waals surface area contributed by atoms with Gasteiger partial charge >= 0.3 is 5.16 Å². The number of aromatic amines is 1. The molecule has 0 bridgehead atoms. The van der Waals surface area contributed by atoms with Gasteiger partial charge < -0.3 is 9.54 Å². The van der Waals surface area contributed by atoms with Gasteiger partial charge in [0, 0.05) is 23.6 Å². The van der Waals surface area contributed by atoms with Crippen LogP contribution in [0.15, 0.2) is 17.6 Å². The molecule has 0 amide bonds. The molecule has 1 aromatic rings. The van der Waals surface area contributed by atoms with E-state index in [9.17, 15) is 9.66 Å². The average Bonchev–Trinajstić information content (AvgIpc) is 2.38. The lowest BCUT2D eigenvalue weighted by Crippen LogP contribution is -2.10. The number of H-pyrrole nitrogens is 1. The van der Waals surface area contributed by atoms with Gasteiger partial charge in [-0.2, -0.15) is 4.98 Å². The Hall–Kier alpha value is -0.520. The normalized spacial score (nSPS) is 13.4. The van der Waals surface area contributed by atoms with Crippen molar-refractivity contribution < 1.29 is 9.66 Å². The summed E-state index contributed by atoms with van der Waals surface area (Å²) < 4.78 is 10.9. The summed E-state index contributed by atoms with van der Waals surface area (Å²) in [6.45, 7) is -0.326. The Labute approximate surface area is 61.5 Å². The van der Waals surface area contributed by atoms with Crippen molar-refractivity contribution in [1.29, 1.82) is 0 Å². The van der Waals surface area contributed by atoms with Crippen molar-refractivity contribution in [3.8, 4) is 0 Å². The third-order valence-corrected chi connectivity index (χ3v) is 2.15. The van der Waals surface area contributed by atoms with Crippen LogP contribution in [0.4, 0.5) is 0 Å².